The van der Waals surface area contributed by atoms with E-state index in [9.17, 15) is 4.79 Å². The highest BCUT2D eigenvalue weighted by molar-refractivity contribution is 5.70. The molecule has 2 N–H and O–H groups in total. The van der Waals surface area contributed by atoms with Crippen molar-refractivity contribution in [3.8, 4) is 0 Å². The molecular formula is C16H23NO2. The predicted octanol–water partition coefficient (Wildman–Crippen LogP) is 2.98. The van der Waals surface area contributed by atoms with E-state index in [0.29, 0.717) is 5.41 Å². The molecule has 1 aromatic rings. The first kappa shape index (κ1) is 14.1. The van der Waals surface area contributed by atoms with Gasteiger partial charge in [-0.3, -0.25) is 4.79 Å². The second kappa shape index (κ2) is 6.20. The van der Waals surface area contributed by atoms with E-state index in [1.54, 1.807) is 0 Å². The molecule has 0 atom stereocenters. The van der Waals surface area contributed by atoms with Crippen LogP contribution in [0.2, 0.25) is 0 Å². The largest absolute Gasteiger partial charge is 0.481 e. The molecule has 1 fully saturated rings. The highest BCUT2D eigenvalue weighted by Crippen LogP contribution is 2.43. The molecule has 0 saturated heterocycles. The van der Waals surface area contributed by atoms with Gasteiger partial charge in [0.25, 0.3) is 0 Å². The van der Waals surface area contributed by atoms with Crippen molar-refractivity contribution >= 4 is 5.97 Å². The van der Waals surface area contributed by atoms with Gasteiger partial charge in [0.15, 0.2) is 0 Å². The van der Waals surface area contributed by atoms with Gasteiger partial charge in [-0.25, -0.2) is 0 Å². The Kier molecular flexibility index (Phi) is 4.59. The second-order valence-electron chi connectivity index (χ2n) is 5.65. The van der Waals surface area contributed by atoms with Gasteiger partial charge in [0.1, 0.15) is 0 Å². The molecule has 0 radical (unpaired) electrons. The molecule has 0 spiro atoms. The zero-order chi connectivity index (χ0) is 13.7. The quantitative estimate of drug-likeness (QED) is 0.793. The molecule has 0 amide bonds. The van der Waals surface area contributed by atoms with Crippen molar-refractivity contribution in [3.05, 3.63) is 35.4 Å². The maximum absolute atomic E-state index is 10.8. The number of hydrogen-bond acceptors (Lipinski definition) is 2. The van der Waals surface area contributed by atoms with Gasteiger partial charge < -0.3 is 10.4 Å². The number of nitrogens with one attached hydrogen (secondary N) is 1. The summed E-state index contributed by atoms with van der Waals surface area (Å²) in [5.74, 6) is -0.767. The number of rotatable bonds is 7. The topological polar surface area (TPSA) is 49.3 Å². The van der Waals surface area contributed by atoms with E-state index >= 15 is 0 Å². The summed E-state index contributed by atoms with van der Waals surface area (Å²) >= 11 is 0. The fourth-order valence-corrected chi connectivity index (χ4v) is 2.86. The van der Waals surface area contributed by atoms with Gasteiger partial charge in [0.2, 0.25) is 0 Å². The van der Waals surface area contributed by atoms with Crippen LogP contribution in [-0.4, -0.2) is 17.6 Å². The van der Waals surface area contributed by atoms with E-state index in [2.05, 4.69) is 12.2 Å². The lowest BCUT2D eigenvalue weighted by atomic mass is 9.67. The Hall–Kier alpha value is -1.35. The SMILES string of the molecule is CCC1(CNCc2ccccc2CC(=O)O)CCC1. The van der Waals surface area contributed by atoms with Crippen LogP contribution < -0.4 is 5.32 Å². The summed E-state index contributed by atoms with van der Waals surface area (Å²) in [7, 11) is 0. The van der Waals surface area contributed by atoms with E-state index in [4.69, 9.17) is 5.11 Å². The van der Waals surface area contributed by atoms with Crippen LogP contribution in [0.25, 0.3) is 0 Å². The van der Waals surface area contributed by atoms with Crippen LogP contribution in [0.4, 0.5) is 0 Å². The molecule has 0 aromatic heterocycles. The third kappa shape index (κ3) is 3.57. The lowest BCUT2D eigenvalue weighted by Crippen LogP contribution is -2.39. The second-order valence-corrected chi connectivity index (χ2v) is 5.65. The molecule has 3 nitrogen and oxygen atoms in total. The van der Waals surface area contributed by atoms with Crippen LogP contribution in [0.3, 0.4) is 0 Å². The molecule has 0 heterocycles. The minimum absolute atomic E-state index is 0.108. The molecule has 1 aromatic carbocycles. The summed E-state index contributed by atoms with van der Waals surface area (Å²) in [6.45, 7) is 4.08. The van der Waals surface area contributed by atoms with E-state index in [-0.39, 0.29) is 6.42 Å². The highest BCUT2D eigenvalue weighted by atomic mass is 16.4. The Morgan fingerprint density at radius 1 is 1.32 bits per heavy atom. The van der Waals surface area contributed by atoms with Crippen LogP contribution >= 0.6 is 0 Å². The van der Waals surface area contributed by atoms with Crippen molar-refractivity contribution in [3.63, 3.8) is 0 Å². The first-order valence-electron chi connectivity index (χ1n) is 7.14. The van der Waals surface area contributed by atoms with Crippen LogP contribution in [0.15, 0.2) is 24.3 Å². The first-order valence-corrected chi connectivity index (χ1v) is 7.14. The molecule has 19 heavy (non-hydrogen) atoms. The van der Waals surface area contributed by atoms with Gasteiger partial charge in [0, 0.05) is 13.1 Å². The summed E-state index contributed by atoms with van der Waals surface area (Å²) in [6.07, 6.45) is 5.35. The van der Waals surface area contributed by atoms with Crippen molar-refractivity contribution in [2.45, 2.75) is 45.6 Å². The average molecular weight is 261 g/mol. The molecule has 104 valence electrons. The number of carboxylic acid groups (broad SMARTS) is 1. The Morgan fingerprint density at radius 2 is 2.00 bits per heavy atom. The maximum Gasteiger partial charge on any atom is 0.307 e. The van der Waals surface area contributed by atoms with Gasteiger partial charge in [0.05, 0.1) is 6.42 Å². The Bertz CT molecular complexity index is 433. The van der Waals surface area contributed by atoms with Crippen LogP contribution in [0.5, 0.6) is 0 Å². The number of hydrogen-bond donors (Lipinski definition) is 2. The van der Waals surface area contributed by atoms with Crippen LogP contribution in [0.1, 0.15) is 43.7 Å². The number of carboxylic acids is 1. The van der Waals surface area contributed by atoms with Crippen molar-refractivity contribution in [2.75, 3.05) is 6.54 Å². The van der Waals surface area contributed by atoms with Gasteiger partial charge in [-0.05, 0) is 35.8 Å². The minimum Gasteiger partial charge on any atom is -0.481 e. The van der Waals surface area contributed by atoms with Crippen molar-refractivity contribution < 1.29 is 9.90 Å². The summed E-state index contributed by atoms with van der Waals surface area (Å²) < 4.78 is 0. The van der Waals surface area contributed by atoms with Gasteiger partial charge >= 0.3 is 5.97 Å². The number of carbonyl (C=O) groups is 1. The smallest absolute Gasteiger partial charge is 0.307 e. The summed E-state index contributed by atoms with van der Waals surface area (Å²) in [5.41, 5.74) is 2.53. The van der Waals surface area contributed by atoms with Crippen molar-refractivity contribution in [1.82, 2.24) is 5.32 Å². The molecule has 2 rings (SSSR count). The number of benzene rings is 1. The number of aliphatic carboxylic acids is 1. The highest BCUT2D eigenvalue weighted by Gasteiger charge is 2.34. The third-order valence-corrected chi connectivity index (χ3v) is 4.44. The van der Waals surface area contributed by atoms with E-state index in [1.807, 2.05) is 24.3 Å². The van der Waals surface area contributed by atoms with Gasteiger partial charge in [-0.1, -0.05) is 37.6 Å². The van der Waals surface area contributed by atoms with E-state index < -0.39 is 5.97 Å². The normalized spacial score (nSPS) is 16.9. The summed E-state index contributed by atoms with van der Waals surface area (Å²) in [4.78, 5) is 10.8. The summed E-state index contributed by atoms with van der Waals surface area (Å²) in [5, 5.41) is 12.4. The van der Waals surface area contributed by atoms with Crippen LogP contribution in [0, 0.1) is 5.41 Å². The molecule has 0 bridgehead atoms. The van der Waals surface area contributed by atoms with Gasteiger partial charge in [-0.2, -0.15) is 0 Å². The standard InChI is InChI=1S/C16H23NO2/c1-2-16(8-5-9-16)12-17-11-14-7-4-3-6-13(14)10-15(18)19/h3-4,6-7,17H,2,5,8-12H2,1H3,(H,18,19). The molecule has 1 aliphatic rings. The van der Waals surface area contributed by atoms with E-state index in [0.717, 1.165) is 24.2 Å². The lowest BCUT2D eigenvalue weighted by Gasteiger charge is -2.41. The predicted molar refractivity (Wildman–Crippen MR) is 76.1 cm³/mol. The fourth-order valence-electron chi connectivity index (χ4n) is 2.86. The Labute approximate surface area is 115 Å². The Balaban J connectivity index is 1.90. The molecule has 0 unspecified atom stereocenters. The zero-order valence-corrected chi connectivity index (χ0v) is 11.6. The fraction of sp³-hybridized carbons (Fsp3) is 0.562. The average Bonchev–Trinajstić information content (AvgIpc) is 2.34. The van der Waals surface area contributed by atoms with Crippen molar-refractivity contribution in [1.29, 1.82) is 0 Å². The molecule has 0 aliphatic heterocycles. The summed E-state index contributed by atoms with van der Waals surface area (Å²) in [6, 6.07) is 7.80. The molecular weight excluding hydrogens is 238 g/mol. The third-order valence-electron chi connectivity index (χ3n) is 4.44. The monoisotopic (exact) mass is 261 g/mol. The molecule has 1 saturated carbocycles. The Morgan fingerprint density at radius 3 is 2.53 bits per heavy atom. The minimum atomic E-state index is -0.767. The molecule has 3 heteroatoms. The van der Waals surface area contributed by atoms with Crippen molar-refractivity contribution in [2.24, 2.45) is 5.41 Å². The maximum atomic E-state index is 10.8. The van der Waals surface area contributed by atoms with Crippen LogP contribution in [-0.2, 0) is 17.8 Å². The van der Waals surface area contributed by atoms with E-state index in [1.165, 1.54) is 25.7 Å². The first-order chi connectivity index (χ1) is 9.15. The van der Waals surface area contributed by atoms with Gasteiger partial charge in [-0.15, -0.1) is 0 Å². The molecule has 1 aliphatic carbocycles. The zero-order valence-electron chi connectivity index (χ0n) is 11.6. The lowest BCUT2D eigenvalue weighted by molar-refractivity contribution is -0.136.